The van der Waals surface area contributed by atoms with Crippen LogP contribution in [0.3, 0.4) is 0 Å². The van der Waals surface area contributed by atoms with Crippen molar-refractivity contribution in [3.05, 3.63) is 94.0 Å². The van der Waals surface area contributed by atoms with Crippen molar-refractivity contribution >= 4 is 46.8 Å². The molecule has 0 unspecified atom stereocenters. The maximum Gasteiger partial charge on any atom is 0.254 e. The van der Waals surface area contributed by atoms with Gasteiger partial charge in [0.15, 0.2) is 6.10 Å². The molecule has 4 rings (SSSR count). The van der Waals surface area contributed by atoms with Gasteiger partial charge in [0.25, 0.3) is 11.8 Å². The molecule has 1 heterocycles. The number of benzene rings is 3. The lowest BCUT2D eigenvalue weighted by molar-refractivity contribution is -0.147. The van der Waals surface area contributed by atoms with E-state index in [4.69, 9.17) is 22.1 Å². The first-order valence-electron chi connectivity index (χ1n) is 13.9. The van der Waals surface area contributed by atoms with Crippen LogP contribution in [0.1, 0.15) is 40.9 Å². The molecular formula is C32H37ClN4O5S. The van der Waals surface area contributed by atoms with Crippen LogP contribution in [0.4, 0.5) is 5.69 Å². The fraction of sp³-hybridized carbons (Fsp3) is 0.344. The summed E-state index contributed by atoms with van der Waals surface area (Å²) < 4.78 is 4.62. The van der Waals surface area contributed by atoms with Crippen LogP contribution < -0.4 is 21.1 Å². The zero-order valence-electron chi connectivity index (χ0n) is 24.6. The summed E-state index contributed by atoms with van der Waals surface area (Å²) in [5.74, 6) is -0.724. The molecule has 11 heteroatoms. The van der Waals surface area contributed by atoms with E-state index in [0.29, 0.717) is 12.3 Å². The quantitative estimate of drug-likeness (QED) is 0.251. The molecule has 5 N–H and O–H groups in total. The second-order valence-electron chi connectivity index (χ2n) is 11.0. The largest absolute Gasteiger partial charge is 0.497 e. The minimum absolute atomic E-state index is 0.0760. The van der Waals surface area contributed by atoms with Gasteiger partial charge in [0, 0.05) is 11.3 Å². The maximum atomic E-state index is 13.9. The average molecular weight is 625 g/mol. The lowest BCUT2D eigenvalue weighted by Gasteiger charge is -2.33. The van der Waals surface area contributed by atoms with Gasteiger partial charge in [0.2, 0.25) is 5.91 Å². The molecule has 3 aromatic carbocycles. The van der Waals surface area contributed by atoms with Crippen LogP contribution in [-0.2, 0) is 22.6 Å². The Balaban J connectivity index is 1.58. The number of ether oxygens (including phenoxy) is 1. The van der Waals surface area contributed by atoms with Crippen LogP contribution in [0.2, 0.25) is 5.02 Å². The number of halogens is 1. The van der Waals surface area contributed by atoms with Crippen LogP contribution >= 0.6 is 23.4 Å². The van der Waals surface area contributed by atoms with E-state index in [1.165, 1.54) is 22.7 Å². The molecule has 0 aromatic heterocycles. The standard InChI is InChI=1S/C32H37ClN4O5S/c1-19-8-5-6-9-21(19)17-35-30(40)28-32(2,3)43-18-37(28)31(41)27(38)25(16-20-12-14-22(42-4)15-13-20)36-29(39)23-10-7-11-24(34)26(23)33/h5-15,25,27-28,38H,16-18,34H2,1-4H3,(H,35,40)(H,36,39)/t25-,27-,28+/m0/s1. The molecule has 9 nitrogen and oxygen atoms in total. The van der Waals surface area contributed by atoms with Crippen LogP contribution in [0.25, 0.3) is 0 Å². The van der Waals surface area contributed by atoms with Gasteiger partial charge in [-0.2, -0.15) is 0 Å². The molecule has 3 atom stereocenters. The Bertz CT molecular complexity index is 1480. The molecule has 1 saturated heterocycles. The molecule has 0 aliphatic carbocycles. The van der Waals surface area contributed by atoms with E-state index in [2.05, 4.69) is 10.6 Å². The highest BCUT2D eigenvalue weighted by molar-refractivity contribution is 8.00. The molecule has 43 heavy (non-hydrogen) atoms. The Morgan fingerprint density at radius 1 is 1.12 bits per heavy atom. The van der Waals surface area contributed by atoms with Gasteiger partial charge in [0.05, 0.1) is 35.3 Å². The highest BCUT2D eigenvalue weighted by Crippen LogP contribution is 2.40. The molecule has 3 aromatic rings. The van der Waals surface area contributed by atoms with Crippen molar-refractivity contribution in [2.45, 2.75) is 56.7 Å². The van der Waals surface area contributed by atoms with Crippen LogP contribution in [0.5, 0.6) is 5.75 Å². The molecule has 1 fully saturated rings. The summed E-state index contributed by atoms with van der Waals surface area (Å²) in [7, 11) is 1.55. The van der Waals surface area contributed by atoms with Gasteiger partial charge >= 0.3 is 0 Å². The molecule has 1 aliphatic heterocycles. The number of amides is 3. The summed E-state index contributed by atoms with van der Waals surface area (Å²) in [6.07, 6.45) is -1.54. The summed E-state index contributed by atoms with van der Waals surface area (Å²) in [4.78, 5) is 42.1. The van der Waals surface area contributed by atoms with E-state index in [-0.39, 0.29) is 34.5 Å². The number of methoxy groups -OCH3 is 1. The summed E-state index contributed by atoms with van der Waals surface area (Å²) in [6, 6.07) is 17.6. The second-order valence-corrected chi connectivity index (χ2v) is 13.0. The van der Waals surface area contributed by atoms with Crippen LogP contribution in [0.15, 0.2) is 66.7 Å². The van der Waals surface area contributed by atoms with Gasteiger partial charge in [-0.1, -0.05) is 54.1 Å². The number of nitrogen functional groups attached to an aromatic ring is 1. The number of nitrogens with zero attached hydrogens (tertiary/aromatic N) is 1. The molecule has 0 bridgehead atoms. The van der Waals surface area contributed by atoms with Gasteiger partial charge in [0.1, 0.15) is 11.8 Å². The van der Waals surface area contributed by atoms with Crippen molar-refractivity contribution in [3.8, 4) is 5.75 Å². The van der Waals surface area contributed by atoms with E-state index in [9.17, 15) is 19.5 Å². The third-order valence-corrected chi connectivity index (χ3v) is 9.43. The molecule has 0 spiro atoms. The molecule has 0 saturated carbocycles. The van der Waals surface area contributed by atoms with Gasteiger partial charge in [-0.15, -0.1) is 11.8 Å². The fourth-order valence-corrected chi connectivity index (χ4v) is 6.42. The van der Waals surface area contributed by atoms with Gasteiger partial charge in [-0.3, -0.25) is 14.4 Å². The van der Waals surface area contributed by atoms with Crippen molar-refractivity contribution in [2.75, 3.05) is 18.7 Å². The van der Waals surface area contributed by atoms with Crippen molar-refractivity contribution in [2.24, 2.45) is 0 Å². The lowest BCUT2D eigenvalue weighted by Crippen LogP contribution is -2.58. The van der Waals surface area contributed by atoms with E-state index < -0.39 is 34.7 Å². The van der Waals surface area contributed by atoms with Crippen LogP contribution in [0, 0.1) is 6.92 Å². The second kappa shape index (κ2) is 13.7. The highest BCUT2D eigenvalue weighted by Gasteiger charge is 2.49. The third kappa shape index (κ3) is 7.44. The fourth-order valence-electron chi connectivity index (χ4n) is 5.07. The minimum Gasteiger partial charge on any atom is -0.497 e. The molecule has 3 amide bonds. The minimum atomic E-state index is -1.66. The van der Waals surface area contributed by atoms with E-state index >= 15 is 0 Å². The average Bonchev–Trinajstić information content (AvgIpc) is 3.31. The Morgan fingerprint density at radius 3 is 2.49 bits per heavy atom. The number of thioether (sulfide) groups is 1. The number of carbonyl (C=O) groups excluding carboxylic acids is 3. The number of hydrogen-bond acceptors (Lipinski definition) is 7. The number of rotatable bonds is 10. The Hall–Kier alpha value is -3.73. The number of nitrogens with two attached hydrogens (primary N) is 1. The van der Waals surface area contributed by atoms with Crippen LogP contribution in [-0.4, -0.2) is 63.6 Å². The maximum absolute atomic E-state index is 13.9. The molecule has 0 radical (unpaired) electrons. The van der Waals surface area contributed by atoms with E-state index in [0.717, 1.165) is 16.7 Å². The van der Waals surface area contributed by atoms with Gasteiger partial charge in [-0.25, -0.2) is 0 Å². The zero-order chi connectivity index (χ0) is 31.3. The SMILES string of the molecule is COc1ccc(C[C@H](NC(=O)c2cccc(N)c2Cl)[C@H](O)C(=O)N2CSC(C)(C)[C@H]2C(=O)NCc2ccccc2C)cc1. The normalized spacial score (nSPS) is 17.2. The van der Waals surface area contributed by atoms with Gasteiger partial charge in [-0.05, 0) is 68.1 Å². The number of aliphatic hydroxyl groups is 1. The first-order chi connectivity index (χ1) is 20.4. The monoisotopic (exact) mass is 624 g/mol. The first-order valence-corrected chi connectivity index (χ1v) is 15.2. The molecule has 228 valence electrons. The molecular weight excluding hydrogens is 588 g/mol. The van der Waals surface area contributed by atoms with Crippen molar-refractivity contribution < 1.29 is 24.2 Å². The summed E-state index contributed by atoms with van der Waals surface area (Å²) in [5, 5.41) is 17.3. The van der Waals surface area contributed by atoms with E-state index in [1.807, 2.05) is 45.0 Å². The predicted molar refractivity (Wildman–Crippen MR) is 170 cm³/mol. The van der Waals surface area contributed by atoms with E-state index in [1.54, 1.807) is 43.5 Å². The Morgan fingerprint density at radius 2 is 1.81 bits per heavy atom. The number of carbonyl (C=O) groups is 3. The predicted octanol–water partition coefficient (Wildman–Crippen LogP) is 3.94. The number of aliphatic hydroxyl groups excluding tert-OH is 1. The Labute approximate surface area is 261 Å². The van der Waals surface area contributed by atoms with Gasteiger partial charge < -0.3 is 31.1 Å². The lowest BCUT2D eigenvalue weighted by atomic mass is 9.96. The third-order valence-electron chi connectivity index (χ3n) is 7.63. The number of nitrogens with one attached hydrogen (secondary N) is 2. The summed E-state index contributed by atoms with van der Waals surface area (Å²) in [6.45, 7) is 6.07. The number of hydrogen-bond donors (Lipinski definition) is 4. The Kier molecular flexibility index (Phi) is 10.3. The smallest absolute Gasteiger partial charge is 0.254 e. The first kappa shape index (κ1) is 32.2. The number of anilines is 1. The van der Waals surface area contributed by atoms with Crippen molar-refractivity contribution in [1.82, 2.24) is 15.5 Å². The van der Waals surface area contributed by atoms with Crippen molar-refractivity contribution in [3.63, 3.8) is 0 Å². The zero-order valence-corrected chi connectivity index (χ0v) is 26.2. The van der Waals surface area contributed by atoms with Crippen molar-refractivity contribution in [1.29, 1.82) is 0 Å². The summed E-state index contributed by atoms with van der Waals surface area (Å²) in [5.41, 5.74) is 9.01. The molecule has 1 aliphatic rings. The number of aryl methyl sites for hydroxylation is 1. The summed E-state index contributed by atoms with van der Waals surface area (Å²) >= 11 is 7.74. The highest BCUT2D eigenvalue weighted by atomic mass is 35.5. The topological polar surface area (TPSA) is 134 Å².